The van der Waals surface area contributed by atoms with Crippen LogP contribution in [0, 0.1) is 5.82 Å². The number of ether oxygens (including phenoxy) is 1. The summed E-state index contributed by atoms with van der Waals surface area (Å²) in [5.74, 6) is -1.22. The minimum Gasteiger partial charge on any atom is -0.497 e. The number of nitrogens with zero attached hydrogens (tertiary/aromatic N) is 1. The van der Waals surface area contributed by atoms with Crippen LogP contribution in [0.15, 0.2) is 53.4 Å². The minimum absolute atomic E-state index is 0.0126. The van der Waals surface area contributed by atoms with Crippen LogP contribution in [0.5, 0.6) is 5.75 Å². The zero-order valence-electron chi connectivity index (χ0n) is 14.3. The molecule has 1 fully saturated rings. The summed E-state index contributed by atoms with van der Waals surface area (Å²) in [6.45, 7) is -0.492. The molecule has 0 radical (unpaired) electrons. The number of hydrogen-bond acceptors (Lipinski definition) is 5. The Hall–Kier alpha value is -3.13. The fraction of sp³-hybridized carbons (Fsp3) is 0.105. The highest BCUT2D eigenvalue weighted by Gasteiger charge is 2.36. The van der Waals surface area contributed by atoms with Gasteiger partial charge in [-0.15, -0.1) is 0 Å². The molecule has 1 N–H and O–H groups in total. The van der Waals surface area contributed by atoms with Crippen molar-refractivity contribution in [2.75, 3.05) is 19.0 Å². The van der Waals surface area contributed by atoms with Gasteiger partial charge in [0.05, 0.1) is 17.7 Å². The Kier molecular flexibility index (Phi) is 5.56. The van der Waals surface area contributed by atoms with Crippen molar-refractivity contribution in [3.63, 3.8) is 0 Å². The SMILES string of the molecule is COc1cccc(C=C2SC(=O)N(CC(=O)Nc3ccccc3F)C2=O)c1. The van der Waals surface area contributed by atoms with Crippen LogP contribution >= 0.6 is 11.8 Å². The second-order valence-corrected chi connectivity index (χ2v) is 6.57. The lowest BCUT2D eigenvalue weighted by atomic mass is 10.2. The highest BCUT2D eigenvalue weighted by Crippen LogP contribution is 2.32. The number of carbonyl (C=O) groups excluding carboxylic acids is 3. The third kappa shape index (κ3) is 4.35. The first-order valence-electron chi connectivity index (χ1n) is 7.92. The molecule has 0 unspecified atom stereocenters. The summed E-state index contributed by atoms with van der Waals surface area (Å²) < 4.78 is 18.7. The van der Waals surface area contributed by atoms with Crippen molar-refractivity contribution >= 4 is 40.6 Å². The number of halogens is 1. The number of hydrogen-bond donors (Lipinski definition) is 1. The maximum Gasteiger partial charge on any atom is 0.294 e. The van der Waals surface area contributed by atoms with Crippen LogP contribution < -0.4 is 10.1 Å². The van der Waals surface area contributed by atoms with E-state index in [-0.39, 0.29) is 10.6 Å². The molecular formula is C19H15FN2O4S. The normalized spacial score (nSPS) is 15.3. The summed E-state index contributed by atoms with van der Waals surface area (Å²) >= 11 is 0.745. The molecule has 1 aliphatic heterocycles. The number of imide groups is 1. The van der Waals surface area contributed by atoms with E-state index in [9.17, 15) is 18.8 Å². The van der Waals surface area contributed by atoms with Crippen LogP contribution in [0.3, 0.4) is 0 Å². The first-order chi connectivity index (χ1) is 13.0. The third-order valence-electron chi connectivity index (χ3n) is 3.71. The number of methoxy groups -OCH3 is 1. The third-order valence-corrected chi connectivity index (χ3v) is 4.62. The van der Waals surface area contributed by atoms with Gasteiger partial charge in [0, 0.05) is 0 Å². The van der Waals surface area contributed by atoms with Crippen molar-refractivity contribution < 1.29 is 23.5 Å². The lowest BCUT2D eigenvalue weighted by molar-refractivity contribution is -0.127. The predicted octanol–water partition coefficient (Wildman–Crippen LogP) is 3.51. The second kappa shape index (κ2) is 8.05. The van der Waals surface area contributed by atoms with E-state index in [1.807, 2.05) is 0 Å². The average Bonchev–Trinajstić information content (AvgIpc) is 2.91. The molecule has 1 heterocycles. The van der Waals surface area contributed by atoms with E-state index in [2.05, 4.69) is 5.32 Å². The molecule has 27 heavy (non-hydrogen) atoms. The van der Waals surface area contributed by atoms with Crippen molar-refractivity contribution in [3.8, 4) is 5.75 Å². The number of benzene rings is 2. The molecule has 2 aromatic rings. The van der Waals surface area contributed by atoms with Gasteiger partial charge in [-0.05, 0) is 47.7 Å². The molecule has 8 heteroatoms. The van der Waals surface area contributed by atoms with Gasteiger partial charge in [0.1, 0.15) is 18.1 Å². The molecule has 0 aliphatic carbocycles. The van der Waals surface area contributed by atoms with E-state index in [4.69, 9.17) is 4.74 Å². The number of rotatable bonds is 5. The Bertz CT molecular complexity index is 945. The minimum atomic E-state index is -0.662. The fourth-order valence-electron chi connectivity index (χ4n) is 2.41. The summed E-state index contributed by atoms with van der Waals surface area (Å²) in [5, 5.41) is 1.79. The number of amides is 3. The van der Waals surface area contributed by atoms with Gasteiger partial charge in [-0.2, -0.15) is 0 Å². The standard InChI is InChI=1S/C19H15FN2O4S/c1-26-13-6-4-5-12(9-13)10-16-18(24)22(19(25)27-16)11-17(23)21-15-8-3-2-7-14(15)20/h2-10H,11H2,1H3,(H,21,23). The molecule has 1 saturated heterocycles. The molecular weight excluding hydrogens is 371 g/mol. The van der Waals surface area contributed by atoms with Gasteiger partial charge in [-0.25, -0.2) is 4.39 Å². The van der Waals surface area contributed by atoms with Crippen LogP contribution in [-0.2, 0) is 9.59 Å². The maximum absolute atomic E-state index is 13.6. The average molecular weight is 386 g/mol. The van der Waals surface area contributed by atoms with Gasteiger partial charge >= 0.3 is 0 Å². The van der Waals surface area contributed by atoms with Gasteiger partial charge < -0.3 is 10.1 Å². The predicted molar refractivity (Wildman–Crippen MR) is 101 cm³/mol. The fourth-order valence-corrected chi connectivity index (χ4v) is 3.25. The van der Waals surface area contributed by atoms with Crippen molar-refractivity contribution in [2.24, 2.45) is 0 Å². The number of para-hydroxylation sites is 1. The van der Waals surface area contributed by atoms with Crippen LogP contribution in [0.4, 0.5) is 14.9 Å². The summed E-state index contributed by atoms with van der Waals surface area (Å²) in [7, 11) is 1.53. The molecule has 0 atom stereocenters. The molecule has 138 valence electrons. The molecule has 0 bridgehead atoms. The van der Waals surface area contributed by atoms with Gasteiger partial charge in [0.2, 0.25) is 5.91 Å². The zero-order valence-corrected chi connectivity index (χ0v) is 15.1. The highest BCUT2D eigenvalue weighted by molar-refractivity contribution is 8.18. The molecule has 3 amide bonds. The van der Waals surface area contributed by atoms with E-state index in [1.165, 1.54) is 25.3 Å². The maximum atomic E-state index is 13.6. The Morgan fingerprint density at radius 1 is 1.22 bits per heavy atom. The smallest absolute Gasteiger partial charge is 0.294 e. The van der Waals surface area contributed by atoms with Crippen molar-refractivity contribution in [1.82, 2.24) is 4.90 Å². The summed E-state index contributed by atoms with van der Waals surface area (Å²) in [5.41, 5.74) is 0.678. The van der Waals surface area contributed by atoms with E-state index >= 15 is 0 Å². The molecule has 6 nitrogen and oxygen atoms in total. The second-order valence-electron chi connectivity index (χ2n) is 5.57. The number of anilines is 1. The Balaban J connectivity index is 1.71. The van der Waals surface area contributed by atoms with Crippen molar-refractivity contribution in [2.45, 2.75) is 0 Å². The highest BCUT2D eigenvalue weighted by atomic mass is 32.2. The molecule has 2 aromatic carbocycles. The molecule has 0 spiro atoms. The Labute approximate surface area is 159 Å². The molecule has 3 rings (SSSR count). The molecule has 0 aromatic heterocycles. The van der Waals surface area contributed by atoms with E-state index in [1.54, 1.807) is 36.4 Å². The van der Waals surface area contributed by atoms with E-state index < -0.39 is 29.4 Å². The van der Waals surface area contributed by atoms with Crippen molar-refractivity contribution in [1.29, 1.82) is 0 Å². The quantitative estimate of drug-likeness (QED) is 0.796. The van der Waals surface area contributed by atoms with Crippen LogP contribution in [0.2, 0.25) is 0 Å². The first kappa shape index (κ1) is 18.7. The summed E-state index contributed by atoms with van der Waals surface area (Å²) in [4.78, 5) is 37.7. The van der Waals surface area contributed by atoms with Gasteiger partial charge in [-0.1, -0.05) is 24.3 Å². The van der Waals surface area contributed by atoms with E-state index in [0.717, 1.165) is 16.7 Å². The number of thioether (sulfide) groups is 1. The summed E-state index contributed by atoms with van der Waals surface area (Å²) in [6.07, 6.45) is 1.56. The molecule has 0 saturated carbocycles. The van der Waals surface area contributed by atoms with Crippen LogP contribution in [0.25, 0.3) is 6.08 Å². The lowest BCUT2D eigenvalue weighted by Crippen LogP contribution is -2.36. The monoisotopic (exact) mass is 386 g/mol. The Morgan fingerprint density at radius 2 is 2.00 bits per heavy atom. The van der Waals surface area contributed by atoms with Gasteiger partial charge in [0.15, 0.2) is 0 Å². The largest absolute Gasteiger partial charge is 0.497 e. The first-order valence-corrected chi connectivity index (χ1v) is 8.73. The van der Waals surface area contributed by atoms with Crippen molar-refractivity contribution in [3.05, 3.63) is 64.8 Å². The van der Waals surface area contributed by atoms with E-state index in [0.29, 0.717) is 11.3 Å². The Morgan fingerprint density at radius 3 is 2.74 bits per heavy atom. The van der Waals surface area contributed by atoms with Gasteiger partial charge in [-0.3, -0.25) is 19.3 Å². The zero-order chi connectivity index (χ0) is 19.4. The topological polar surface area (TPSA) is 75.7 Å². The number of carbonyl (C=O) groups is 3. The van der Waals surface area contributed by atoms with Crippen LogP contribution in [-0.4, -0.2) is 35.6 Å². The van der Waals surface area contributed by atoms with Gasteiger partial charge in [0.25, 0.3) is 11.1 Å². The lowest BCUT2D eigenvalue weighted by Gasteiger charge is -2.12. The van der Waals surface area contributed by atoms with Crippen LogP contribution in [0.1, 0.15) is 5.56 Å². The number of nitrogens with one attached hydrogen (secondary N) is 1. The molecule has 1 aliphatic rings. The summed E-state index contributed by atoms with van der Waals surface area (Å²) in [6, 6.07) is 12.7.